The van der Waals surface area contributed by atoms with E-state index in [1.165, 1.54) is 0 Å². The summed E-state index contributed by atoms with van der Waals surface area (Å²) in [5.74, 6) is 1.72. The quantitative estimate of drug-likeness (QED) is 0.639. The van der Waals surface area contributed by atoms with Crippen LogP contribution in [-0.2, 0) is 4.74 Å². The lowest BCUT2D eigenvalue weighted by Crippen LogP contribution is -2.22. The topological polar surface area (TPSA) is 9.23 Å². The van der Waals surface area contributed by atoms with Crippen molar-refractivity contribution in [1.29, 1.82) is 0 Å². The molecule has 1 aliphatic carbocycles. The minimum absolute atomic E-state index is 0.219. The van der Waals surface area contributed by atoms with E-state index in [1.54, 1.807) is 0 Å². The maximum Gasteiger partial charge on any atom is 0.0980 e. The highest BCUT2D eigenvalue weighted by Crippen LogP contribution is 2.35. The van der Waals surface area contributed by atoms with Crippen molar-refractivity contribution in [1.82, 2.24) is 0 Å². The molecule has 0 aromatic carbocycles. The fourth-order valence-corrected chi connectivity index (χ4v) is 2.03. The summed E-state index contributed by atoms with van der Waals surface area (Å²) in [6.45, 7) is 7.18. The van der Waals surface area contributed by atoms with Gasteiger partial charge < -0.3 is 4.74 Å². The van der Waals surface area contributed by atoms with E-state index in [1.807, 2.05) is 19.1 Å². The first-order valence-electron chi connectivity index (χ1n) is 5.76. The Kier molecular flexibility index (Phi) is 4.72. The van der Waals surface area contributed by atoms with E-state index in [0.717, 1.165) is 31.6 Å². The minimum atomic E-state index is -0.219. The summed E-state index contributed by atoms with van der Waals surface area (Å²) >= 11 is 6.54. The van der Waals surface area contributed by atoms with Gasteiger partial charge in [-0.3, -0.25) is 0 Å². The molecule has 1 aliphatic rings. The molecule has 1 atom stereocenters. The second-order valence-electron chi connectivity index (χ2n) is 4.57. The van der Waals surface area contributed by atoms with Crippen LogP contribution in [0.4, 0.5) is 0 Å². The SMILES string of the molecule is CCOC1=CC=CC(Cl)(CCC(C)C)C1. The molecule has 1 unspecified atom stereocenters. The molecule has 0 saturated heterocycles. The largest absolute Gasteiger partial charge is 0.498 e. The van der Waals surface area contributed by atoms with Gasteiger partial charge in [-0.1, -0.05) is 26.0 Å². The highest BCUT2D eigenvalue weighted by molar-refractivity contribution is 6.25. The second kappa shape index (κ2) is 5.60. The van der Waals surface area contributed by atoms with E-state index in [-0.39, 0.29) is 4.87 Å². The summed E-state index contributed by atoms with van der Waals surface area (Å²) in [6, 6.07) is 0. The monoisotopic (exact) mass is 228 g/mol. The van der Waals surface area contributed by atoms with Gasteiger partial charge in [0.05, 0.1) is 17.2 Å². The molecular weight excluding hydrogens is 208 g/mol. The van der Waals surface area contributed by atoms with Crippen LogP contribution in [0.5, 0.6) is 0 Å². The number of allylic oxidation sites excluding steroid dienone is 4. The predicted octanol–water partition coefficient (Wildman–Crippen LogP) is 4.28. The molecule has 2 heteroatoms. The first-order valence-corrected chi connectivity index (χ1v) is 6.13. The van der Waals surface area contributed by atoms with Crippen LogP contribution >= 0.6 is 11.6 Å². The molecule has 15 heavy (non-hydrogen) atoms. The average Bonchev–Trinajstić information content (AvgIpc) is 2.16. The molecule has 0 saturated carbocycles. The maximum absolute atomic E-state index is 6.54. The summed E-state index contributed by atoms with van der Waals surface area (Å²) in [4.78, 5) is -0.219. The third-order valence-electron chi connectivity index (χ3n) is 2.61. The second-order valence-corrected chi connectivity index (χ2v) is 5.32. The Labute approximate surface area is 98.2 Å². The lowest BCUT2D eigenvalue weighted by molar-refractivity contribution is 0.210. The molecule has 0 bridgehead atoms. The Bertz CT molecular complexity index is 255. The minimum Gasteiger partial charge on any atom is -0.498 e. The molecule has 86 valence electrons. The van der Waals surface area contributed by atoms with Gasteiger partial charge in [0.15, 0.2) is 0 Å². The Morgan fingerprint density at radius 2 is 2.27 bits per heavy atom. The number of hydrogen-bond acceptors (Lipinski definition) is 1. The van der Waals surface area contributed by atoms with E-state index >= 15 is 0 Å². The zero-order valence-corrected chi connectivity index (χ0v) is 10.7. The van der Waals surface area contributed by atoms with Crippen molar-refractivity contribution in [3.05, 3.63) is 24.0 Å². The van der Waals surface area contributed by atoms with Crippen LogP contribution in [0.3, 0.4) is 0 Å². The molecule has 1 rings (SSSR count). The van der Waals surface area contributed by atoms with Gasteiger partial charge in [0, 0.05) is 6.42 Å². The van der Waals surface area contributed by atoms with E-state index in [4.69, 9.17) is 16.3 Å². The molecular formula is C13H21ClO. The number of rotatable bonds is 5. The van der Waals surface area contributed by atoms with Gasteiger partial charge in [0.25, 0.3) is 0 Å². The molecule has 1 nitrogen and oxygen atoms in total. The summed E-state index contributed by atoms with van der Waals surface area (Å²) in [5.41, 5.74) is 0. The average molecular weight is 229 g/mol. The zero-order chi connectivity index (χ0) is 11.3. The van der Waals surface area contributed by atoms with Crippen LogP contribution in [0.2, 0.25) is 0 Å². The number of ether oxygens (including phenoxy) is 1. The zero-order valence-electron chi connectivity index (χ0n) is 9.92. The van der Waals surface area contributed by atoms with Gasteiger partial charge >= 0.3 is 0 Å². The van der Waals surface area contributed by atoms with Crippen molar-refractivity contribution in [2.75, 3.05) is 6.61 Å². The van der Waals surface area contributed by atoms with Crippen LogP contribution in [0.25, 0.3) is 0 Å². The van der Waals surface area contributed by atoms with Crippen LogP contribution in [0.1, 0.15) is 40.0 Å². The predicted molar refractivity (Wildman–Crippen MR) is 66.1 cm³/mol. The maximum atomic E-state index is 6.54. The Morgan fingerprint density at radius 3 is 2.87 bits per heavy atom. The first-order chi connectivity index (χ1) is 7.06. The molecule has 0 amide bonds. The molecule has 0 fully saturated rings. The van der Waals surface area contributed by atoms with E-state index < -0.39 is 0 Å². The van der Waals surface area contributed by atoms with Gasteiger partial charge in [0.2, 0.25) is 0 Å². The van der Waals surface area contributed by atoms with Crippen molar-refractivity contribution in [2.45, 2.75) is 44.9 Å². The van der Waals surface area contributed by atoms with Crippen molar-refractivity contribution in [3.8, 4) is 0 Å². The lowest BCUT2D eigenvalue weighted by atomic mass is 9.90. The third-order valence-corrected chi connectivity index (χ3v) is 3.06. The number of alkyl halides is 1. The highest BCUT2D eigenvalue weighted by Gasteiger charge is 2.27. The van der Waals surface area contributed by atoms with Gasteiger partial charge in [-0.2, -0.15) is 0 Å². The molecule has 0 aromatic rings. The van der Waals surface area contributed by atoms with Crippen LogP contribution < -0.4 is 0 Å². The number of hydrogen-bond donors (Lipinski definition) is 0. The Morgan fingerprint density at radius 1 is 1.53 bits per heavy atom. The van der Waals surface area contributed by atoms with Crippen LogP contribution in [-0.4, -0.2) is 11.5 Å². The fraction of sp³-hybridized carbons (Fsp3) is 0.692. The molecule has 0 aliphatic heterocycles. The fourth-order valence-electron chi connectivity index (χ4n) is 1.72. The summed E-state index contributed by atoms with van der Waals surface area (Å²) < 4.78 is 5.51. The van der Waals surface area contributed by atoms with E-state index in [2.05, 4.69) is 19.9 Å². The summed E-state index contributed by atoms with van der Waals surface area (Å²) in [6.07, 6.45) is 9.13. The van der Waals surface area contributed by atoms with E-state index in [0.29, 0.717) is 5.92 Å². The summed E-state index contributed by atoms with van der Waals surface area (Å²) in [5, 5.41) is 0. The van der Waals surface area contributed by atoms with Crippen molar-refractivity contribution < 1.29 is 4.74 Å². The number of halogens is 1. The van der Waals surface area contributed by atoms with E-state index in [9.17, 15) is 0 Å². The molecule has 0 spiro atoms. The standard InChI is InChI=1S/C13H21ClO/c1-4-15-12-6-5-8-13(14,10-12)9-7-11(2)3/h5-6,8,11H,4,7,9-10H2,1-3H3. The highest BCUT2D eigenvalue weighted by atomic mass is 35.5. The van der Waals surface area contributed by atoms with Crippen molar-refractivity contribution >= 4 is 11.6 Å². The van der Waals surface area contributed by atoms with Crippen LogP contribution in [0.15, 0.2) is 24.0 Å². The molecule has 0 heterocycles. The van der Waals surface area contributed by atoms with Gasteiger partial charge in [-0.05, 0) is 31.8 Å². The normalized spacial score (nSPS) is 25.5. The Hall–Kier alpha value is -0.430. The van der Waals surface area contributed by atoms with Gasteiger partial charge in [-0.15, -0.1) is 11.6 Å². The van der Waals surface area contributed by atoms with Crippen molar-refractivity contribution in [2.24, 2.45) is 5.92 Å². The third kappa shape index (κ3) is 4.29. The smallest absolute Gasteiger partial charge is 0.0980 e. The van der Waals surface area contributed by atoms with Crippen LogP contribution in [0, 0.1) is 5.92 Å². The van der Waals surface area contributed by atoms with Gasteiger partial charge in [-0.25, -0.2) is 0 Å². The van der Waals surface area contributed by atoms with Gasteiger partial charge in [0.1, 0.15) is 0 Å². The lowest BCUT2D eigenvalue weighted by Gasteiger charge is -2.27. The Balaban J connectivity index is 2.50. The summed E-state index contributed by atoms with van der Waals surface area (Å²) in [7, 11) is 0. The molecule has 0 radical (unpaired) electrons. The molecule has 0 N–H and O–H groups in total. The first kappa shape index (κ1) is 12.6. The van der Waals surface area contributed by atoms with Crippen molar-refractivity contribution in [3.63, 3.8) is 0 Å². The molecule has 0 aromatic heterocycles.